The van der Waals surface area contributed by atoms with Crippen molar-refractivity contribution < 1.29 is 4.57 Å². The number of aryl methyl sites for hydroxylation is 2. The molecule has 1 aromatic heterocycles. The van der Waals surface area contributed by atoms with Crippen LogP contribution in [0.5, 0.6) is 0 Å². The second-order valence-electron chi connectivity index (χ2n) is 11.0. The molecule has 6 aromatic carbocycles. The van der Waals surface area contributed by atoms with E-state index in [1.165, 1.54) is 74.9 Å². The molecule has 0 unspecified atom stereocenters. The minimum atomic E-state index is 1.18. The van der Waals surface area contributed by atoms with Gasteiger partial charge in [0.25, 0.3) is 5.01 Å². The van der Waals surface area contributed by atoms with Crippen LogP contribution in [0.25, 0.3) is 43.5 Å². The molecule has 2 heterocycles. The molecule has 7 aromatic rings. The molecular formula is C39H29N2S2+. The standard InChI is InChI=1S/C39H29N2S2/c1-26-14-20-30(21-15-26)40-34-24-18-28-8-3-5-10-32(28)38(34)42-36(40)12-7-13-37-41(31-22-16-27(2)17-23-31)35-25-19-29-9-4-6-11-33(29)39(35)43-37/h3-25H,1-2H3/q+1. The summed E-state index contributed by atoms with van der Waals surface area (Å²) in [5, 5.41) is 7.52. The number of hydrogen-bond donors (Lipinski definition) is 0. The highest BCUT2D eigenvalue weighted by atomic mass is 32.2. The van der Waals surface area contributed by atoms with Crippen LogP contribution in [-0.4, -0.2) is 0 Å². The van der Waals surface area contributed by atoms with Crippen molar-refractivity contribution >= 4 is 72.3 Å². The quantitative estimate of drug-likeness (QED) is 0.189. The van der Waals surface area contributed by atoms with Crippen molar-refractivity contribution in [3.8, 4) is 5.69 Å². The smallest absolute Gasteiger partial charge is 0.268 e. The van der Waals surface area contributed by atoms with Crippen molar-refractivity contribution in [2.24, 2.45) is 0 Å². The molecular weight excluding hydrogens is 561 g/mol. The Morgan fingerprint density at radius 1 is 0.651 bits per heavy atom. The van der Waals surface area contributed by atoms with Gasteiger partial charge in [0, 0.05) is 40.2 Å². The van der Waals surface area contributed by atoms with Crippen LogP contribution in [0.15, 0.2) is 143 Å². The van der Waals surface area contributed by atoms with Crippen molar-refractivity contribution in [2.45, 2.75) is 18.7 Å². The van der Waals surface area contributed by atoms with Crippen molar-refractivity contribution in [1.29, 1.82) is 0 Å². The topological polar surface area (TPSA) is 7.12 Å². The normalized spacial score (nSPS) is 14.1. The molecule has 0 spiro atoms. The largest absolute Gasteiger partial charge is 0.303 e. The third kappa shape index (κ3) is 4.55. The number of thiazole rings is 1. The summed E-state index contributed by atoms with van der Waals surface area (Å²) in [6, 6.07) is 44.0. The van der Waals surface area contributed by atoms with Gasteiger partial charge in [0.05, 0.1) is 10.7 Å². The Labute approximate surface area is 259 Å². The van der Waals surface area contributed by atoms with Gasteiger partial charge in [-0.3, -0.25) is 0 Å². The Bertz CT molecular complexity index is 2220. The average Bonchev–Trinajstić information content (AvgIpc) is 3.61. The Hall–Kier alpha value is -4.64. The summed E-state index contributed by atoms with van der Waals surface area (Å²) >= 11 is 3.70. The van der Waals surface area contributed by atoms with E-state index in [0.29, 0.717) is 0 Å². The lowest BCUT2D eigenvalue weighted by Gasteiger charge is -2.20. The molecule has 0 radical (unpaired) electrons. The lowest BCUT2D eigenvalue weighted by atomic mass is 10.1. The van der Waals surface area contributed by atoms with E-state index in [2.05, 4.69) is 163 Å². The first-order valence-electron chi connectivity index (χ1n) is 14.5. The SMILES string of the molecule is Cc1ccc(N2C(=CC=Cc3sc4c5ccccc5ccc4[n+]3-c3ccc(C)cc3)Sc3c2ccc2ccccc32)cc1. The predicted molar refractivity (Wildman–Crippen MR) is 186 cm³/mol. The van der Waals surface area contributed by atoms with E-state index in [4.69, 9.17) is 0 Å². The maximum atomic E-state index is 2.39. The first kappa shape index (κ1) is 26.0. The van der Waals surface area contributed by atoms with Gasteiger partial charge in [0.15, 0.2) is 0 Å². The van der Waals surface area contributed by atoms with E-state index in [0.717, 1.165) is 0 Å². The van der Waals surface area contributed by atoms with Gasteiger partial charge in [-0.15, -0.1) is 4.57 Å². The molecule has 4 heteroatoms. The van der Waals surface area contributed by atoms with Gasteiger partial charge in [-0.05, 0) is 60.3 Å². The molecule has 0 amide bonds. The van der Waals surface area contributed by atoms with E-state index < -0.39 is 0 Å². The zero-order valence-corrected chi connectivity index (χ0v) is 25.6. The molecule has 1 aliphatic heterocycles. The van der Waals surface area contributed by atoms with Gasteiger partial charge in [0.2, 0.25) is 11.2 Å². The molecule has 8 rings (SSSR count). The van der Waals surface area contributed by atoms with Crippen molar-refractivity contribution in [3.63, 3.8) is 0 Å². The minimum Gasteiger partial charge on any atom is -0.303 e. The van der Waals surface area contributed by atoms with Crippen LogP contribution in [0.3, 0.4) is 0 Å². The van der Waals surface area contributed by atoms with Gasteiger partial charge in [-0.25, -0.2) is 0 Å². The molecule has 0 bridgehead atoms. The van der Waals surface area contributed by atoms with Crippen LogP contribution >= 0.6 is 23.1 Å². The third-order valence-corrected chi connectivity index (χ3v) is 10.4. The molecule has 1 aliphatic rings. The second-order valence-corrected chi connectivity index (χ2v) is 13.1. The fourth-order valence-corrected chi connectivity index (χ4v) is 8.34. The summed E-state index contributed by atoms with van der Waals surface area (Å²) in [5.41, 5.74) is 7.34. The summed E-state index contributed by atoms with van der Waals surface area (Å²) in [6.07, 6.45) is 6.75. The van der Waals surface area contributed by atoms with Crippen LogP contribution in [0.2, 0.25) is 0 Å². The number of nitrogens with zero attached hydrogens (tertiary/aromatic N) is 2. The number of rotatable bonds is 4. The number of anilines is 2. The fourth-order valence-electron chi connectivity index (χ4n) is 5.92. The molecule has 0 saturated heterocycles. The number of allylic oxidation sites excluding steroid dienone is 2. The van der Waals surface area contributed by atoms with Gasteiger partial charge >= 0.3 is 0 Å². The Balaban J connectivity index is 1.27. The molecule has 0 fully saturated rings. The molecule has 0 atom stereocenters. The van der Waals surface area contributed by atoms with Crippen LogP contribution < -0.4 is 9.47 Å². The summed E-state index contributed by atoms with van der Waals surface area (Å²) in [7, 11) is 0. The minimum absolute atomic E-state index is 1.18. The highest BCUT2D eigenvalue weighted by Gasteiger charge is 2.28. The van der Waals surface area contributed by atoms with E-state index in [1.54, 1.807) is 0 Å². The number of fused-ring (bicyclic) bond motifs is 6. The maximum absolute atomic E-state index is 2.39. The molecule has 0 aliphatic carbocycles. The number of thioether (sulfide) groups is 1. The van der Waals surface area contributed by atoms with Gasteiger partial charge in [-0.1, -0.05) is 119 Å². The summed E-state index contributed by atoms with van der Waals surface area (Å²) in [6.45, 7) is 4.28. The van der Waals surface area contributed by atoms with Crippen LogP contribution in [0.1, 0.15) is 16.1 Å². The van der Waals surface area contributed by atoms with E-state index in [1.807, 2.05) is 23.1 Å². The molecule has 0 N–H and O–H groups in total. The summed E-state index contributed by atoms with van der Waals surface area (Å²) in [4.78, 5) is 3.70. The maximum Gasteiger partial charge on any atom is 0.268 e. The van der Waals surface area contributed by atoms with Crippen LogP contribution in [0, 0.1) is 13.8 Å². The van der Waals surface area contributed by atoms with Gasteiger partial charge in [0.1, 0.15) is 4.70 Å². The molecule has 2 nitrogen and oxygen atoms in total. The number of benzene rings is 6. The first-order valence-corrected chi connectivity index (χ1v) is 16.2. The lowest BCUT2D eigenvalue weighted by molar-refractivity contribution is -0.564. The van der Waals surface area contributed by atoms with Crippen LogP contribution in [-0.2, 0) is 0 Å². The van der Waals surface area contributed by atoms with Crippen LogP contribution in [0.4, 0.5) is 11.4 Å². The van der Waals surface area contributed by atoms with Gasteiger partial charge in [-0.2, -0.15) is 0 Å². The Kier molecular flexibility index (Phi) is 6.40. The highest BCUT2D eigenvalue weighted by Crippen LogP contribution is 2.52. The second kappa shape index (κ2) is 10.6. The predicted octanol–water partition coefficient (Wildman–Crippen LogP) is 10.9. The van der Waals surface area contributed by atoms with Crippen molar-refractivity contribution in [2.75, 3.05) is 4.90 Å². The monoisotopic (exact) mass is 589 g/mol. The molecule has 0 saturated carbocycles. The Morgan fingerprint density at radius 3 is 2.07 bits per heavy atom. The van der Waals surface area contributed by atoms with Crippen molar-refractivity contribution in [1.82, 2.24) is 0 Å². The fraction of sp³-hybridized carbons (Fsp3) is 0.0513. The lowest BCUT2D eigenvalue weighted by Crippen LogP contribution is -2.31. The van der Waals surface area contributed by atoms with Gasteiger partial charge < -0.3 is 4.90 Å². The van der Waals surface area contributed by atoms with E-state index in [-0.39, 0.29) is 0 Å². The first-order chi connectivity index (χ1) is 21.1. The average molecular weight is 590 g/mol. The highest BCUT2D eigenvalue weighted by molar-refractivity contribution is 8.04. The molecule has 43 heavy (non-hydrogen) atoms. The Morgan fingerprint density at radius 2 is 1.30 bits per heavy atom. The van der Waals surface area contributed by atoms with E-state index in [9.17, 15) is 0 Å². The summed E-state index contributed by atoms with van der Waals surface area (Å²) < 4.78 is 3.70. The zero-order valence-electron chi connectivity index (χ0n) is 24.0. The van der Waals surface area contributed by atoms with E-state index >= 15 is 0 Å². The summed E-state index contributed by atoms with van der Waals surface area (Å²) in [5.74, 6) is 0. The van der Waals surface area contributed by atoms with Crippen molar-refractivity contribution in [3.05, 3.63) is 155 Å². The number of hydrogen-bond acceptors (Lipinski definition) is 3. The zero-order chi connectivity index (χ0) is 28.9. The number of aromatic nitrogens is 1. The third-order valence-electron chi connectivity index (χ3n) is 8.12. The molecule has 206 valence electrons.